The van der Waals surface area contributed by atoms with Crippen LogP contribution >= 0.6 is 11.6 Å². The molecule has 0 saturated carbocycles. The number of likely N-dealkylation sites (tertiary alicyclic amines) is 1. The van der Waals surface area contributed by atoms with E-state index in [0.717, 1.165) is 30.3 Å². The highest BCUT2D eigenvalue weighted by Gasteiger charge is 2.31. The first-order chi connectivity index (χ1) is 17.9. The molecule has 2 aromatic carbocycles. The molecule has 11 heteroatoms. The standard InChI is InChI=1S/C26H26ClFN6O3/c1-15-8-18(33-37-15)12-29-26(35)23-4-3-7-34(23)13-16-9-19-22(11-24(16)36-2)30-14-31-25(19)32-17-5-6-21(28)20(27)10-17/h5-6,8-11,14,23H,3-4,7,12-13H2,1-2H3,(H,29,35)(H,30,31,32)/t23-/m0/s1. The van der Waals surface area contributed by atoms with Gasteiger partial charge in [-0.15, -0.1) is 0 Å². The fourth-order valence-electron chi connectivity index (χ4n) is 4.58. The van der Waals surface area contributed by atoms with Gasteiger partial charge in [0.2, 0.25) is 5.91 Å². The summed E-state index contributed by atoms with van der Waals surface area (Å²) < 4.78 is 24.4. The molecule has 0 bridgehead atoms. The van der Waals surface area contributed by atoms with E-state index < -0.39 is 5.82 Å². The summed E-state index contributed by atoms with van der Waals surface area (Å²) in [5.74, 6) is 1.39. The third-order valence-electron chi connectivity index (χ3n) is 6.38. The van der Waals surface area contributed by atoms with Crippen molar-refractivity contribution in [3.63, 3.8) is 0 Å². The number of nitrogens with one attached hydrogen (secondary N) is 2. The normalized spacial score (nSPS) is 15.7. The van der Waals surface area contributed by atoms with Crippen LogP contribution in [0.5, 0.6) is 5.75 Å². The van der Waals surface area contributed by atoms with E-state index in [1.165, 1.54) is 18.5 Å². The maximum atomic E-state index is 13.6. The lowest BCUT2D eigenvalue weighted by Crippen LogP contribution is -2.42. The van der Waals surface area contributed by atoms with Crippen LogP contribution in [0.1, 0.15) is 29.9 Å². The van der Waals surface area contributed by atoms with Gasteiger partial charge >= 0.3 is 0 Å². The van der Waals surface area contributed by atoms with Crippen molar-refractivity contribution in [3.8, 4) is 5.75 Å². The number of fused-ring (bicyclic) bond motifs is 1. The Hall–Kier alpha value is -3.76. The number of nitrogens with zero attached hydrogens (tertiary/aromatic N) is 4. The number of hydrogen-bond donors (Lipinski definition) is 2. The maximum Gasteiger partial charge on any atom is 0.237 e. The van der Waals surface area contributed by atoms with Crippen LogP contribution in [0.25, 0.3) is 10.9 Å². The van der Waals surface area contributed by atoms with Gasteiger partial charge in [0.05, 0.1) is 30.2 Å². The summed E-state index contributed by atoms with van der Waals surface area (Å²) in [5, 5.41) is 10.9. The van der Waals surface area contributed by atoms with Crippen molar-refractivity contribution in [2.75, 3.05) is 19.0 Å². The Morgan fingerprint density at radius 1 is 1.27 bits per heavy atom. The second-order valence-electron chi connectivity index (χ2n) is 8.93. The average molecular weight is 525 g/mol. The van der Waals surface area contributed by atoms with E-state index in [1.807, 2.05) is 19.1 Å². The monoisotopic (exact) mass is 524 g/mol. The van der Waals surface area contributed by atoms with Crippen LogP contribution in [0.15, 0.2) is 47.2 Å². The SMILES string of the molecule is COc1cc2ncnc(Nc3ccc(F)c(Cl)c3)c2cc1CN1CCC[C@H]1C(=O)NCc1cc(C)on1. The molecule has 4 aromatic rings. The fraction of sp³-hybridized carbons (Fsp3) is 0.308. The van der Waals surface area contributed by atoms with Crippen LogP contribution < -0.4 is 15.4 Å². The van der Waals surface area contributed by atoms with Crippen LogP contribution in [0.2, 0.25) is 5.02 Å². The molecule has 5 rings (SSSR count). The minimum Gasteiger partial charge on any atom is -0.496 e. The van der Waals surface area contributed by atoms with E-state index in [1.54, 1.807) is 19.2 Å². The van der Waals surface area contributed by atoms with Gasteiger partial charge in [-0.25, -0.2) is 14.4 Å². The molecule has 0 aliphatic carbocycles. The third-order valence-corrected chi connectivity index (χ3v) is 6.67. The van der Waals surface area contributed by atoms with Gasteiger partial charge in [-0.1, -0.05) is 16.8 Å². The third kappa shape index (κ3) is 5.50. The lowest BCUT2D eigenvalue weighted by Gasteiger charge is -2.24. The lowest BCUT2D eigenvalue weighted by molar-refractivity contribution is -0.125. The molecular formula is C26H26ClFN6O3. The Morgan fingerprint density at radius 2 is 2.14 bits per heavy atom. The highest BCUT2D eigenvalue weighted by molar-refractivity contribution is 6.31. The number of rotatable bonds is 8. The number of carbonyl (C=O) groups is 1. The zero-order chi connectivity index (χ0) is 25.9. The minimum atomic E-state index is -0.493. The number of benzene rings is 2. The number of carbonyl (C=O) groups excluding carboxylic acids is 1. The first kappa shape index (κ1) is 24.9. The van der Waals surface area contributed by atoms with Crippen molar-refractivity contribution >= 4 is 39.9 Å². The minimum absolute atomic E-state index is 0.0164. The molecule has 0 unspecified atom stereocenters. The van der Waals surface area contributed by atoms with Gasteiger partial charge in [-0.3, -0.25) is 9.69 Å². The smallest absolute Gasteiger partial charge is 0.237 e. The van der Waals surface area contributed by atoms with E-state index in [4.69, 9.17) is 20.9 Å². The van der Waals surface area contributed by atoms with Crippen LogP contribution in [-0.4, -0.2) is 45.6 Å². The van der Waals surface area contributed by atoms with Gasteiger partial charge in [0, 0.05) is 35.3 Å². The number of hydrogen-bond acceptors (Lipinski definition) is 8. The Labute approximate surface area is 218 Å². The first-order valence-corrected chi connectivity index (χ1v) is 12.3. The number of halogens is 2. The van der Waals surface area contributed by atoms with Crippen molar-refractivity contribution in [2.45, 2.75) is 38.9 Å². The van der Waals surface area contributed by atoms with Crippen LogP contribution in [0.4, 0.5) is 15.9 Å². The summed E-state index contributed by atoms with van der Waals surface area (Å²) in [4.78, 5) is 23.9. The fourth-order valence-corrected chi connectivity index (χ4v) is 4.76. The van der Waals surface area contributed by atoms with Gasteiger partial charge in [-0.2, -0.15) is 0 Å². The van der Waals surface area contributed by atoms with Crippen molar-refractivity contribution in [3.05, 3.63) is 70.6 Å². The van der Waals surface area contributed by atoms with Crippen molar-refractivity contribution in [1.29, 1.82) is 0 Å². The zero-order valence-electron chi connectivity index (χ0n) is 20.4. The Balaban J connectivity index is 1.38. The number of ether oxygens (including phenoxy) is 1. The van der Waals surface area contributed by atoms with E-state index in [0.29, 0.717) is 47.3 Å². The Bertz CT molecular complexity index is 1450. The largest absolute Gasteiger partial charge is 0.496 e. The second-order valence-corrected chi connectivity index (χ2v) is 9.34. The summed E-state index contributed by atoms with van der Waals surface area (Å²) >= 11 is 5.95. The molecule has 1 fully saturated rings. The van der Waals surface area contributed by atoms with Crippen LogP contribution in [0, 0.1) is 12.7 Å². The summed E-state index contributed by atoms with van der Waals surface area (Å²) in [6.45, 7) is 3.43. The first-order valence-electron chi connectivity index (χ1n) is 11.9. The quantitative estimate of drug-likeness (QED) is 0.340. The van der Waals surface area contributed by atoms with E-state index in [2.05, 4.69) is 30.7 Å². The van der Waals surface area contributed by atoms with Crippen molar-refractivity contribution < 1.29 is 18.4 Å². The van der Waals surface area contributed by atoms with Crippen molar-refractivity contribution in [1.82, 2.24) is 25.3 Å². The molecule has 1 atom stereocenters. The van der Waals surface area contributed by atoms with Crippen LogP contribution in [-0.2, 0) is 17.9 Å². The molecule has 192 valence electrons. The number of anilines is 2. The van der Waals surface area contributed by atoms with Gasteiger partial charge in [0.15, 0.2) is 0 Å². The van der Waals surface area contributed by atoms with Gasteiger partial charge in [0.25, 0.3) is 0 Å². The number of aryl methyl sites for hydroxylation is 1. The molecule has 37 heavy (non-hydrogen) atoms. The molecular weight excluding hydrogens is 499 g/mol. The molecule has 3 heterocycles. The molecule has 2 N–H and O–H groups in total. The molecule has 1 amide bonds. The van der Waals surface area contributed by atoms with Crippen LogP contribution in [0.3, 0.4) is 0 Å². The van der Waals surface area contributed by atoms with E-state index in [-0.39, 0.29) is 17.0 Å². The predicted molar refractivity (Wildman–Crippen MR) is 137 cm³/mol. The molecule has 1 saturated heterocycles. The second kappa shape index (κ2) is 10.7. The summed E-state index contributed by atoms with van der Waals surface area (Å²) in [6, 6.07) is 9.75. The predicted octanol–water partition coefficient (Wildman–Crippen LogP) is 4.75. The van der Waals surface area contributed by atoms with E-state index >= 15 is 0 Å². The Kier molecular flexibility index (Phi) is 7.20. The lowest BCUT2D eigenvalue weighted by atomic mass is 10.1. The molecule has 0 spiro atoms. The van der Waals surface area contributed by atoms with Gasteiger partial charge in [0.1, 0.15) is 35.2 Å². The highest BCUT2D eigenvalue weighted by Crippen LogP contribution is 2.32. The van der Waals surface area contributed by atoms with Gasteiger partial charge in [-0.05, 0) is 50.6 Å². The molecule has 1 aliphatic rings. The van der Waals surface area contributed by atoms with E-state index in [9.17, 15) is 9.18 Å². The molecule has 1 aliphatic heterocycles. The highest BCUT2D eigenvalue weighted by atomic mass is 35.5. The molecule has 0 radical (unpaired) electrons. The Morgan fingerprint density at radius 3 is 2.89 bits per heavy atom. The summed E-state index contributed by atoms with van der Waals surface area (Å²) in [7, 11) is 1.61. The topological polar surface area (TPSA) is 105 Å². The summed E-state index contributed by atoms with van der Waals surface area (Å²) in [5.41, 5.74) is 2.87. The zero-order valence-corrected chi connectivity index (χ0v) is 21.2. The molecule has 9 nitrogen and oxygen atoms in total. The summed E-state index contributed by atoms with van der Waals surface area (Å²) in [6.07, 6.45) is 3.13. The van der Waals surface area contributed by atoms with Gasteiger partial charge < -0.3 is 19.9 Å². The molecule has 2 aromatic heterocycles. The van der Waals surface area contributed by atoms with Crippen molar-refractivity contribution in [2.24, 2.45) is 0 Å². The average Bonchev–Trinajstić information content (AvgIpc) is 3.53. The number of aromatic nitrogens is 3. The maximum absolute atomic E-state index is 13.6. The number of methoxy groups -OCH3 is 1. The number of amides is 1.